The minimum absolute atomic E-state index is 0.699. The SMILES string of the molecule is CNCCCC(=S)OC. The number of methoxy groups -OCH3 is 1. The molecule has 1 N–H and O–H groups in total. The van der Waals surface area contributed by atoms with E-state index >= 15 is 0 Å². The van der Waals surface area contributed by atoms with E-state index in [-0.39, 0.29) is 0 Å². The first-order valence-corrected chi connectivity index (χ1v) is 3.43. The smallest absolute Gasteiger partial charge is 0.159 e. The summed E-state index contributed by atoms with van der Waals surface area (Å²) in [7, 11) is 3.54. The molecular weight excluding hydrogens is 134 g/mol. The largest absolute Gasteiger partial charge is 0.490 e. The van der Waals surface area contributed by atoms with Gasteiger partial charge in [-0.2, -0.15) is 0 Å². The van der Waals surface area contributed by atoms with Crippen molar-refractivity contribution in [3.63, 3.8) is 0 Å². The Morgan fingerprint density at radius 1 is 1.67 bits per heavy atom. The molecule has 0 spiro atoms. The second-order valence-corrected chi connectivity index (χ2v) is 2.24. The number of hydrogen-bond acceptors (Lipinski definition) is 3. The lowest BCUT2D eigenvalue weighted by atomic mass is 10.3. The molecular formula is C6H13NOS. The van der Waals surface area contributed by atoms with E-state index in [1.165, 1.54) is 0 Å². The van der Waals surface area contributed by atoms with Crippen LogP contribution in [-0.4, -0.2) is 25.8 Å². The maximum Gasteiger partial charge on any atom is 0.159 e. The van der Waals surface area contributed by atoms with Crippen LogP contribution in [0.4, 0.5) is 0 Å². The van der Waals surface area contributed by atoms with Gasteiger partial charge in [-0.3, -0.25) is 0 Å². The fourth-order valence-corrected chi connectivity index (χ4v) is 0.656. The lowest BCUT2D eigenvalue weighted by molar-refractivity contribution is 0.400. The van der Waals surface area contributed by atoms with Crippen molar-refractivity contribution < 1.29 is 4.74 Å². The lowest BCUT2D eigenvalue weighted by Gasteiger charge is -1.99. The molecule has 0 aliphatic carbocycles. The van der Waals surface area contributed by atoms with Crippen molar-refractivity contribution in [2.45, 2.75) is 12.8 Å². The molecule has 0 saturated carbocycles. The summed E-state index contributed by atoms with van der Waals surface area (Å²) in [6, 6.07) is 0. The average Bonchev–Trinajstić information content (AvgIpc) is 1.89. The highest BCUT2D eigenvalue weighted by molar-refractivity contribution is 7.80. The number of thiocarbonyl (C=S) groups is 1. The molecule has 0 aromatic carbocycles. The summed E-state index contributed by atoms with van der Waals surface area (Å²) < 4.78 is 4.80. The lowest BCUT2D eigenvalue weighted by Crippen LogP contribution is -2.09. The zero-order valence-corrected chi connectivity index (χ0v) is 6.75. The Hall–Kier alpha value is -0.150. The minimum atomic E-state index is 0.699. The third kappa shape index (κ3) is 5.73. The molecule has 0 fully saturated rings. The Morgan fingerprint density at radius 2 is 2.33 bits per heavy atom. The molecule has 54 valence electrons. The van der Waals surface area contributed by atoms with E-state index in [1.54, 1.807) is 7.11 Å². The van der Waals surface area contributed by atoms with Crippen LogP contribution >= 0.6 is 12.2 Å². The first-order valence-electron chi connectivity index (χ1n) is 3.02. The van der Waals surface area contributed by atoms with Crippen LogP contribution in [0.2, 0.25) is 0 Å². The van der Waals surface area contributed by atoms with Crippen LogP contribution in [0.1, 0.15) is 12.8 Å². The van der Waals surface area contributed by atoms with Crippen LogP contribution in [0, 0.1) is 0 Å². The van der Waals surface area contributed by atoms with Crippen LogP contribution < -0.4 is 5.32 Å². The van der Waals surface area contributed by atoms with Crippen molar-refractivity contribution in [3.05, 3.63) is 0 Å². The number of nitrogens with one attached hydrogen (secondary N) is 1. The predicted molar refractivity (Wildman–Crippen MR) is 42.8 cm³/mol. The van der Waals surface area contributed by atoms with E-state index in [4.69, 9.17) is 17.0 Å². The van der Waals surface area contributed by atoms with Crippen LogP contribution in [0.3, 0.4) is 0 Å². The molecule has 0 aromatic heterocycles. The molecule has 0 aliphatic heterocycles. The highest BCUT2D eigenvalue weighted by Gasteiger charge is 1.91. The van der Waals surface area contributed by atoms with Crippen molar-refractivity contribution in [2.75, 3.05) is 20.7 Å². The van der Waals surface area contributed by atoms with Gasteiger partial charge in [0.2, 0.25) is 0 Å². The Labute approximate surface area is 61.6 Å². The maximum atomic E-state index is 4.82. The Balaban J connectivity index is 2.97. The molecule has 0 unspecified atom stereocenters. The highest BCUT2D eigenvalue weighted by atomic mass is 32.1. The van der Waals surface area contributed by atoms with E-state index in [9.17, 15) is 0 Å². The van der Waals surface area contributed by atoms with Crippen LogP contribution in [0.15, 0.2) is 0 Å². The van der Waals surface area contributed by atoms with Gasteiger partial charge >= 0.3 is 0 Å². The molecule has 0 radical (unpaired) electrons. The summed E-state index contributed by atoms with van der Waals surface area (Å²) in [5, 5.41) is 3.73. The van der Waals surface area contributed by atoms with E-state index in [2.05, 4.69) is 5.32 Å². The minimum Gasteiger partial charge on any atom is -0.490 e. The predicted octanol–water partition coefficient (Wildman–Crippen LogP) is 0.960. The maximum absolute atomic E-state index is 4.82. The van der Waals surface area contributed by atoms with Gasteiger partial charge < -0.3 is 10.1 Å². The Kier molecular flexibility index (Phi) is 5.88. The fourth-order valence-electron chi connectivity index (χ4n) is 0.512. The second kappa shape index (κ2) is 5.98. The zero-order valence-electron chi connectivity index (χ0n) is 5.94. The van der Waals surface area contributed by atoms with Crippen molar-refractivity contribution in [1.82, 2.24) is 5.32 Å². The number of ether oxygens (including phenoxy) is 1. The van der Waals surface area contributed by atoms with Gasteiger partial charge in [-0.05, 0) is 32.2 Å². The first kappa shape index (κ1) is 8.85. The quantitative estimate of drug-likeness (QED) is 0.473. The molecule has 9 heavy (non-hydrogen) atoms. The molecule has 0 atom stereocenters. The van der Waals surface area contributed by atoms with Crippen molar-refractivity contribution >= 4 is 17.3 Å². The normalized spacial score (nSPS) is 9.11. The van der Waals surface area contributed by atoms with Gasteiger partial charge in [0.15, 0.2) is 5.05 Å². The van der Waals surface area contributed by atoms with Gasteiger partial charge in [0.1, 0.15) is 0 Å². The van der Waals surface area contributed by atoms with E-state index in [0.29, 0.717) is 5.05 Å². The molecule has 0 amide bonds. The molecule has 3 heteroatoms. The first-order chi connectivity index (χ1) is 4.31. The molecule has 0 aliphatic rings. The molecule has 0 rings (SSSR count). The topological polar surface area (TPSA) is 21.3 Å². The summed E-state index contributed by atoms with van der Waals surface area (Å²) in [4.78, 5) is 0. The monoisotopic (exact) mass is 147 g/mol. The Bertz CT molecular complexity index is 85.1. The third-order valence-corrected chi connectivity index (χ3v) is 1.41. The number of hydrogen-bond donors (Lipinski definition) is 1. The van der Waals surface area contributed by atoms with E-state index in [1.807, 2.05) is 7.05 Å². The molecule has 0 saturated heterocycles. The fraction of sp³-hybridized carbons (Fsp3) is 0.833. The molecule has 2 nitrogen and oxygen atoms in total. The zero-order chi connectivity index (χ0) is 7.11. The highest BCUT2D eigenvalue weighted by Crippen LogP contribution is 1.91. The van der Waals surface area contributed by atoms with Crippen LogP contribution in [-0.2, 0) is 4.74 Å². The van der Waals surface area contributed by atoms with Gasteiger partial charge in [-0.25, -0.2) is 0 Å². The van der Waals surface area contributed by atoms with Gasteiger partial charge in [0, 0.05) is 6.42 Å². The van der Waals surface area contributed by atoms with Crippen LogP contribution in [0.25, 0.3) is 0 Å². The van der Waals surface area contributed by atoms with E-state index in [0.717, 1.165) is 19.4 Å². The number of rotatable bonds is 4. The summed E-state index contributed by atoms with van der Waals surface area (Å²) in [5.41, 5.74) is 0. The standard InChI is InChI=1S/C6H13NOS/c1-7-5-3-4-6(9)8-2/h7H,3-5H2,1-2H3. The van der Waals surface area contributed by atoms with Crippen molar-refractivity contribution in [2.24, 2.45) is 0 Å². The van der Waals surface area contributed by atoms with Crippen molar-refractivity contribution in [3.8, 4) is 0 Å². The molecule has 0 aromatic rings. The van der Waals surface area contributed by atoms with Gasteiger partial charge in [0.25, 0.3) is 0 Å². The molecule has 0 bridgehead atoms. The summed E-state index contributed by atoms with van der Waals surface area (Å²) in [6.45, 7) is 1.00. The Morgan fingerprint density at radius 3 is 2.78 bits per heavy atom. The molecule has 0 heterocycles. The summed E-state index contributed by atoms with van der Waals surface area (Å²) in [5.74, 6) is 0. The van der Waals surface area contributed by atoms with Gasteiger partial charge in [-0.15, -0.1) is 0 Å². The third-order valence-electron chi connectivity index (χ3n) is 1.04. The summed E-state index contributed by atoms with van der Waals surface area (Å²) >= 11 is 4.82. The van der Waals surface area contributed by atoms with Crippen molar-refractivity contribution in [1.29, 1.82) is 0 Å². The second-order valence-electron chi connectivity index (χ2n) is 1.78. The van der Waals surface area contributed by atoms with E-state index < -0.39 is 0 Å². The average molecular weight is 147 g/mol. The summed E-state index contributed by atoms with van der Waals surface area (Å²) in [6.07, 6.45) is 1.94. The van der Waals surface area contributed by atoms with Gasteiger partial charge in [-0.1, -0.05) is 0 Å². The van der Waals surface area contributed by atoms with Gasteiger partial charge in [0.05, 0.1) is 7.11 Å². The van der Waals surface area contributed by atoms with Crippen LogP contribution in [0.5, 0.6) is 0 Å².